The Balaban J connectivity index is 1.95. The first kappa shape index (κ1) is 15.8. The summed E-state index contributed by atoms with van der Waals surface area (Å²) in [6.45, 7) is 4.49. The maximum atomic E-state index is 10.3. The average Bonchev–Trinajstić information content (AvgIpc) is 2.74. The first-order valence-electron chi connectivity index (χ1n) is 6.89. The highest BCUT2D eigenvalue weighted by Crippen LogP contribution is 2.32. The van der Waals surface area contributed by atoms with Crippen molar-refractivity contribution < 1.29 is 9.84 Å². The summed E-state index contributed by atoms with van der Waals surface area (Å²) in [5, 5.41) is 13.6. The molecule has 1 atom stereocenters. The van der Waals surface area contributed by atoms with E-state index in [0.29, 0.717) is 19.6 Å². The van der Waals surface area contributed by atoms with Gasteiger partial charge in [0.25, 0.3) is 0 Å². The third-order valence-corrected chi connectivity index (χ3v) is 3.76. The zero-order valence-corrected chi connectivity index (χ0v) is 14.0. The summed E-state index contributed by atoms with van der Waals surface area (Å²) in [4.78, 5) is 1.99. The fourth-order valence-electron chi connectivity index (χ4n) is 2.68. The van der Waals surface area contributed by atoms with Gasteiger partial charge in [0.2, 0.25) is 0 Å². The van der Waals surface area contributed by atoms with Gasteiger partial charge in [-0.15, -0.1) is 0 Å². The Labute approximate surface area is 129 Å². The summed E-state index contributed by atoms with van der Waals surface area (Å²) in [6.07, 6.45) is 0.972. The van der Waals surface area contributed by atoms with Gasteiger partial charge in [0.15, 0.2) is 0 Å². The number of rotatable bonds is 6. The Kier molecular flexibility index (Phi) is 5.07. The molecule has 0 saturated carbocycles. The minimum atomic E-state index is -0.737. The minimum Gasteiger partial charge on any atom is -0.493 e. The van der Waals surface area contributed by atoms with Crippen LogP contribution in [0.25, 0.3) is 0 Å². The summed E-state index contributed by atoms with van der Waals surface area (Å²) in [6, 6.07) is 4.20. The van der Waals surface area contributed by atoms with Crippen LogP contribution in [0, 0.1) is 0 Å². The van der Waals surface area contributed by atoms with Crippen molar-refractivity contribution in [1.82, 2.24) is 10.2 Å². The van der Waals surface area contributed by atoms with Gasteiger partial charge in [-0.1, -0.05) is 15.9 Å². The molecule has 0 aromatic heterocycles. The highest BCUT2D eigenvalue weighted by Gasteiger charge is 2.22. The third-order valence-electron chi connectivity index (χ3n) is 3.30. The molecule has 1 aliphatic heterocycles. The van der Waals surface area contributed by atoms with Crippen LogP contribution in [-0.2, 0) is 13.0 Å². The number of halogens is 1. The molecule has 20 heavy (non-hydrogen) atoms. The molecule has 1 aliphatic rings. The topological polar surface area (TPSA) is 44.7 Å². The van der Waals surface area contributed by atoms with Crippen LogP contribution in [0.4, 0.5) is 0 Å². The van der Waals surface area contributed by atoms with Crippen molar-refractivity contribution in [1.29, 1.82) is 0 Å². The Morgan fingerprint density at radius 1 is 1.45 bits per heavy atom. The molecule has 0 aliphatic carbocycles. The molecule has 0 bridgehead atoms. The first-order chi connectivity index (χ1) is 9.37. The lowest BCUT2D eigenvalue weighted by molar-refractivity contribution is 0.0335. The summed E-state index contributed by atoms with van der Waals surface area (Å²) >= 11 is 3.54. The fourth-order valence-corrected chi connectivity index (χ4v) is 3.23. The van der Waals surface area contributed by atoms with Gasteiger partial charge in [-0.2, -0.15) is 0 Å². The maximum Gasteiger partial charge on any atom is 0.127 e. The van der Waals surface area contributed by atoms with Crippen LogP contribution >= 0.6 is 15.9 Å². The van der Waals surface area contributed by atoms with Crippen LogP contribution in [0.5, 0.6) is 5.75 Å². The van der Waals surface area contributed by atoms with E-state index >= 15 is 0 Å². The van der Waals surface area contributed by atoms with E-state index in [0.717, 1.165) is 28.8 Å². The molecule has 0 radical (unpaired) electrons. The van der Waals surface area contributed by atoms with E-state index in [1.54, 1.807) is 0 Å². The molecular formula is C15H23BrN2O2. The smallest absolute Gasteiger partial charge is 0.127 e. The van der Waals surface area contributed by atoms with Crippen molar-refractivity contribution in [3.8, 4) is 5.75 Å². The lowest BCUT2D eigenvalue weighted by Crippen LogP contribution is -2.45. The number of nitrogens with zero attached hydrogens (tertiary/aromatic N) is 1. The molecule has 1 aromatic rings. The molecule has 0 saturated heterocycles. The summed E-state index contributed by atoms with van der Waals surface area (Å²) in [5.41, 5.74) is 1.67. The molecule has 0 amide bonds. The van der Waals surface area contributed by atoms with Crippen LogP contribution < -0.4 is 10.1 Å². The molecule has 5 heteroatoms. The van der Waals surface area contributed by atoms with Crippen LogP contribution in [-0.4, -0.2) is 49.4 Å². The minimum absolute atomic E-state index is 0.548. The van der Waals surface area contributed by atoms with Gasteiger partial charge in [0.1, 0.15) is 5.75 Å². The molecule has 0 spiro atoms. The third kappa shape index (κ3) is 4.19. The average molecular weight is 343 g/mol. The monoisotopic (exact) mass is 342 g/mol. The molecule has 0 fully saturated rings. The second-order valence-corrected chi connectivity index (χ2v) is 6.91. The van der Waals surface area contributed by atoms with E-state index in [2.05, 4.69) is 33.4 Å². The number of fused-ring (bicyclic) bond motifs is 1. The molecule has 1 unspecified atom stereocenters. The normalized spacial score (nSPS) is 16.9. The standard InChI is InChI=1S/C15H23BrN2O2/c1-15(19,10-18(2)3)9-17-8-12-7-13(16)6-11-4-5-20-14(11)12/h6-7,17,19H,4-5,8-10H2,1-3H3. The number of ether oxygens (including phenoxy) is 1. The van der Waals surface area contributed by atoms with E-state index in [-0.39, 0.29) is 0 Å². The number of aliphatic hydroxyl groups is 1. The Morgan fingerprint density at radius 3 is 2.90 bits per heavy atom. The van der Waals surface area contributed by atoms with Gasteiger partial charge >= 0.3 is 0 Å². The molecule has 112 valence electrons. The van der Waals surface area contributed by atoms with E-state index < -0.39 is 5.60 Å². The number of benzene rings is 1. The van der Waals surface area contributed by atoms with Gasteiger partial charge in [-0.3, -0.25) is 0 Å². The van der Waals surface area contributed by atoms with Crippen LogP contribution in [0.2, 0.25) is 0 Å². The molecule has 1 aromatic carbocycles. The summed E-state index contributed by atoms with van der Waals surface area (Å²) in [5.74, 6) is 1.01. The predicted molar refractivity (Wildman–Crippen MR) is 84.2 cm³/mol. The molecule has 2 rings (SSSR count). The SMILES string of the molecule is CN(C)CC(C)(O)CNCc1cc(Br)cc2c1OCC2. The maximum absolute atomic E-state index is 10.3. The van der Waals surface area contributed by atoms with Gasteiger partial charge in [0.05, 0.1) is 12.2 Å². The van der Waals surface area contributed by atoms with Crippen molar-refractivity contribution in [3.63, 3.8) is 0 Å². The van der Waals surface area contributed by atoms with Gasteiger partial charge in [0, 0.05) is 36.1 Å². The largest absolute Gasteiger partial charge is 0.493 e. The van der Waals surface area contributed by atoms with Gasteiger partial charge in [-0.05, 0) is 38.7 Å². The Bertz CT molecular complexity index is 475. The Morgan fingerprint density at radius 2 is 2.20 bits per heavy atom. The predicted octanol–water partition coefficient (Wildman–Crippen LogP) is 1.79. The second kappa shape index (κ2) is 6.43. The number of hydrogen-bond donors (Lipinski definition) is 2. The van der Waals surface area contributed by atoms with E-state index in [4.69, 9.17) is 4.74 Å². The van der Waals surface area contributed by atoms with E-state index in [9.17, 15) is 5.11 Å². The highest BCUT2D eigenvalue weighted by molar-refractivity contribution is 9.10. The van der Waals surface area contributed by atoms with Crippen LogP contribution in [0.3, 0.4) is 0 Å². The molecule has 4 nitrogen and oxygen atoms in total. The molecule has 2 N–H and O–H groups in total. The quantitative estimate of drug-likeness (QED) is 0.827. The lowest BCUT2D eigenvalue weighted by Gasteiger charge is -2.27. The zero-order valence-electron chi connectivity index (χ0n) is 12.4. The van der Waals surface area contributed by atoms with Crippen molar-refractivity contribution in [2.24, 2.45) is 0 Å². The second-order valence-electron chi connectivity index (χ2n) is 5.99. The lowest BCUT2D eigenvalue weighted by atomic mass is 10.1. The van der Waals surface area contributed by atoms with Crippen LogP contribution in [0.15, 0.2) is 16.6 Å². The number of likely N-dealkylation sites (N-methyl/N-ethyl adjacent to an activating group) is 1. The Hall–Kier alpha value is -0.620. The first-order valence-corrected chi connectivity index (χ1v) is 7.69. The highest BCUT2D eigenvalue weighted by atomic mass is 79.9. The van der Waals surface area contributed by atoms with Gasteiger partial charge < -0.3 is 20.1 Å². The molecule has 1 heterocycles. The van der Waals surface area contributed by atoms with Crippen molar-refractivity contribution in [2.75, 3.05) is 33.8 Å². The van der Waals surface area contributed by atoms with Crippen molar-refractivity contribution >= 4 is 15.9 Å². The number of hydrogen-bond acceptors (Lipinski definition) is 4. The summed E-state index contributed by atoms with van der Waals surface area (Å²) in [7, 11) is 3.92. The zero-order chi connectivity index (χ0) is 14.8. The molecular weight excluding hydrogens is 320 g/mol. The number of nitrogens with one attached hydrogen (secondary N) is 1. The van der Waals surface area contributed by atoms with Crippen molar-refractivity contribution in [2.45, 2.75) is 25.5 Å². The van der Waals surface area contributed by atoms with Crippen LogP contribution in [0.1, 0.15) is 18.1 Å². The van der Waals surface area contributed by atoms with Gasteiger partial charge in [-0.25, -0.2) is 0 Å². The van der Waals surface area contributed by atoms with Crippen molar-refractivity contribution in [3.05, 3.63) is 27.7 Å². The van der Waals surface area contributed by atoms with E-state index in [1.165, 1.54) is 5.56 Å². The fraction of sp³-hybridized carbons (Fsp3) is 0.600. The summed E-state index contributed by atoms with van der Waals surface area (Å²) < 4.78 is 6.78. The van der Waals surface area contributed by atoms with E-state index in [1.807, 2.05) is 25.9 Å².